The van der Waals surface area contributed by atoms with E-state index in [1.165, 1.54) is 0 Å². The number of amides is 1. The van der Waals surface area contributed by atoms with Crippen molar-refractivity contribution in [1.82, 2.24) is 5.32 Å². The van der Waals surface area contributed by atoms with Crippen molar-refractivity contribution in [1.29, 1.82) is 0 Å². The SMILES string of the molecule is CCOC(=O)NCCc1ccc(Oc2ccc(N)cc2)cc1. The minimum absolute atomic E-state index is 0.378. The van der Waals surface area contributed by atoms with E-state index in [1.54, 1.807) is 19.1 Å². The van der Waals surface area contributed by atoms with E-state index >= 15 is 0 Å². The van der Waals surface area contributed by atoms with Crippen molar-refractivity contribution < 1.29 is 14.3 Å². The Hall–Kier alpha value is -2.69. The number of nitrogens with one attached hydrogen (secondary N) is 1. The van der Waals surface area contributed by atoms with Crippen LogP contribution in [-0.2, 0) is 11.2 Å². The Morgan fingerprint density at radius 3 is 2.23 bits per heavy atom. The van der Waals surface area contributed by atoms with Crippen LogP contribution >= 0.6 is 0 Å². The van der Waals surface area contributed by atoms with Crippen molar-refractivity contribution in [2.75, 3.05) is 18.9 Å². The average molecular weight is 300 g/mol. The molecule has 1 amide bonds. The lowest BCUT2D eigenvalue weighted by molar-refractivity contribution is 0.152. The Balaban J connectivity index is 1.82. The molecular formula is C17H20N2O3. The number of hydrogen-bond donors (Lipinski definition) is 2. The van der Waals surface area contributed by atoms with Gasteiger partial charge in [0.25, 0.3) is 0 Å². The Labute approximate surface area is 130 Å². The topological polar surface area (TPSA) is 73.6 Å². The van der Waals surface area contributed by atoms with Gasteiger partial charge in [-0.15, -0.1) is 0 Å². The summed E-state index contributed by atoms with van der Waals surface area (Å²) in [5.41, 5.74) is 7.45. The zero-order chi connectivity index (χ0) is 15.8. The van der Waals surface area contributed by atoms with Crippen LogP contribution in [0.25, 0.3) is 0 Å². The molecule has 0 aromatic heterocycles. The molecule has 2 aromatic rings. The van der Waals surface area contributed by atoms with Gasteiger partial charge in [0.15, 0.2) is 0 Å². The lowest BCUT2D eigenvalue weighted by Gasteiger charge is -2.08. The van der Waals surface area contributed by atoms with E-state index in [2.05, 4.69) is 5.32 Å². The molecule has 2 rings (SSSR count). The highest BCUT2D eigenvalue weighted by atomic mass is 16.5. The molecular weight excluding hydrogens is 280 g/mol. The molecule has 0 atom stereocenters. The number of benzene rings is 2. The summed E-state index contributed by atoms with van der Waals surface area (Å²) < 4.78 is 10.5. The lowest BCUT2D eigenvalue weighted by atomic mass is 10.1. The summed E-state index contributed by atoms with van der Waals surface area (Å²) in [4.78, 5) is 11.2. The molecule has 0 fully saturated rings. The number of alkyl carbamates (subject to hydrolysis) is 1. The Bertz CT molecular complexity index is 594. The molecule has 0 saturated heterocycles. The second kappa shape index (κ2) is 7.93. The van der Waals surface area contributed by atoms with E-state index in [0.717, 1.165) is 23.5 Å². The number of carbonyl (C=O) groups excluding carboxylic acids is 1. The van der Waals surface area contributed by atoms with Gasteiger partial charge in [-0.25, -0.2) is 4.79 Å². The molecule has 0 saturated carbocycles. The standard InChI is InChI=1S/C17H20N2O3/c1-2-21-17(20)19-12-11-13-3-7-15(8-4-13)22-16-9-5-14(18)6-10-16/h3-10H,2,11-12,18H2,1H3,(H,19,20). The minimum atomic E-state index is -0.384. The Morgan fingerprint density at radius 2 is 1.64 bits per heavy atom. The van der Waals surface area contributed by atoms with Crippen LogP contribution in [0.3, 0.4) is 0 Å². The quantitative estimate of drug-likeness (QED) is 0.802. The van der Waals surface area contributed by atoms with Gasteiger partial charge >= 0.3 is 6.09 Å². The summed E-state index contributed by atoms with van der Waals surface area (Å²) >= 11 is 0. The summed E-state index contributed by atoms with van der Waals surface area (Å²) in [5, 5.41) is 2.69. The van der Waals surface area contributed by atoms with Crippen molar-refractivity contribution in [2.45, 2.75) is 13.3 Å². The summed E-state index contributed by atoms with van der Waals surface area (Å²) in [7, 11) is 0. The van der Waals surface area contributed by atoms with E-state index in [-0.39, 0.29) is 6.09 Å². The van der Waals surface area contributed by atoms with Gasteiger partial charge in [-0.2, -0.15) is 0 Å². The minimum Gasteiger partial charge on any atom is -0.457 e. The predicted molar refractivity (Wildman–Crippen MR) is 86.1 cm³/mol. The van der Waals surface area contributed by atoms with Gasteiger partial charge in [-0.1, -0.05) is 12.1 Å². The highest BCUT2D eigenvalue weighted by Gasteiger charge is 2.01. The first-order valence-corrected chi connectivity index (χ1v) is 7.20. The molecule has 0 aliphatic rings. The van der Waals surface area contributed by atoms with E-state index < -0.39 is 0 Å². The van der Waals surface area contributed by atoms with Crippen molar-refractivity contribution in [2.24, 2.45) is 0 Å². The van der Waals surface area contributed by atoms with Crippen LogP contribution in [0, 0.1) is 0 Å². The number of nitrogen functional groups attached to an aromatic ring is 1. The molecule has 0 aliphatic heterocycles. The predicted octanol–water partition coefficient (Wildman–Crippen LogP) is 3.35. The fraction of sp³-hybridized carbons (Fsp3) is 0.235. The van der Waals surface area contributed by atoms with Crippen LogP contribution in [0.4, 0.5) is 10.5 Å². The fourth-order valence-electron chi connectivity index (χ4n) is 1.89. The Morgan fingerprint density at radius 1 is 1.05 bits per heavy atom. The molecule has 0 bridgehead atoms. The van der Waals surface area contributed by atoms with Crippen molar-refractivity contribution >= 4 is 11.8 Å². The third kappa shape index (κ3) is 5.01. The highest BCUT2D eigenvalue weighted by Crippen LogP contribution is 2.22. The van der Waals surface area contributed by atoms with Gasteiger partial charge in [0.05, 0.1) is 6.61 Å². The molecule has 0 spiro atoms. The maximum atomic E-state index is 11.2. The molecule has 2 aromatic carbocycles. The molecule has 0 unspecified atom stereocenters. The number of ether oxygens (including phenoxy) is 2. The molecule has 3 N–H and O–H groups in total. The van der Waals surface area contributed by atoms with E-state index in [4.69, 9.17) is 15.2 Å². The number of nitrogens with two attached hydrogens (primary N) is 1. The van der Waals surface area contributed by atoms with Gasteiger partial charge in [0.2, 0.25) is 0 Å². The van der Waals surface area contributed by atoms with Gasteiger partial charge in [0.1, 0.15) is 11.5 Å². The first-order chi connectivity index (χ1) is 10.7. The first kappa shape index (κ1) is 15.7. The maximum Gasteiger partial charge on any atom is 0.407 e. The van der Waals surface area contributed by atoms with Crippen molar-refractivity contribution in [3.8, 4) is 11.5 Å². The zero-order valence-corrected chi connectivity index (χ0v) is 12.5. The third-order valence-electron chi connectivity index (χ3n) is 3.00. The zero-order valence-electron chi connectivity index (χ0n) is 12.5. The normalized spacial score (nSPS) is 10.0. The molecule has 0 aliphatic carbocycles. The van der Waals surface area contributed by atoms with Crippen LogP contribution in [0.15, 0.2) is 48.5 Å². The van der Waals surface area contributed by atoms with Gasteiger partial charge in [0, 0.05) is 12.2 Å². The molecule has 0 radical (unpaired) electrons. The Kier molecular flexibility index (Phi) is 5.65. The van der Waals surface area contributed by atoms with E-state index in [1.807, 2.05) is 36.4 Å². The molecule has 22 heavy (non-hydrogen) atoms. The molecule has 5 nitrogen and oxygen atoms in total. The molecule has 5 heteroatoms. The van der Waals surface area contributed by atoms with E-state index in [0.29, 0.717) is 18.8 Å². The van der Waals surface area contributed by atoms with Crippen LogP contribution in [-0.4, -0.2) is 19.2 Å². The summed E-state index contributed by atoms with van der Waals surface area (Å²) in [5.74, 6) is 1.50. The third-order valence-corrected chi connectivity index (χ3v) is 3.00. The number of hydrogen-bond acceptors (Lipinski definition) is 4. The van der Waals surface area contributed by atoms with Crippen LogP contribution in [0.2, 0.25) is 0 Å². The van der Waals surface area contributed by atoms with Crippen molar-refractivity contribution in [3.63, 3.8) is 0 Å². The van der Waals surface area contributed by atoms with Crippen LogP contribution in [0.1, 0.15) is 12.5 Å². The maximum absolute atomic E-state index is 11.2. The van der Waals surface area contributed by atoms with Gasteiger partial charge < -0.3 is 20.5 Å². The number of rotatable bonds is 6. The molecule has 116 valence electrons. The lowest BCUT2D eigenvalue weighted by Crippen LogP contribution is -2.26. The van der Waals surface area contributed by atoms with Crippen LogP contribution in [0.5, 0.6) is 11.5 Å². The smallest absolute Gasteiger partial charge is 0.407 e. The largest absolute Gasteiger partial charge is 0.457 e. The van der Waals surface area contributed by atoms with Crippen LogP contribution < -0.4 is 15.8 Å². The fourth-order valence-corrected chi connectivity index (χ4v) is 1.89. The van der Waals surface area contributed by atoms with E-state index in [9.17, 15) is 4.79 Å². The molecule has 0 heterocycles. The average Bonchev–Trinajstić information content (AvgIpc) is 2.52. The second-order valence-corrected chi connectivity index (χ2v) is 4.71. The number of anilines is 1. The van der Waals surface area contributed by atoms with Gasteiger partial charge in [-0.3, -0.25) is 0 Å². The summed E-state index contributed by atoms with van der Waals surface area (Å²) in [6.45, 7) is 2.69. The van der Waals surface area contributed by atoms with Gasteiger partial charge in [-0.05, 0) is 55.3 Å². The monoisotopic (exact) mass is 300 g/mol. The second-order valence-electron chi connectivity index (χ2n) is 4.71. The first-order valence-electron chi connectivity index (χ1n) is 7.20. The summed E-state index contributed by atoms with van der Waals surface area (Å²) in [6.07, 6.45) is 0.354. The summed E-state index contributed by atoms with van der Waals surface area (Å²) in [6, 6.07) is 15.0. The number of carbonyl (C=O) groups is 1. The van der Waals surface area contributed by atoms with Crippen molar-refractivity contribution in [3.05, 3.63) is 54.1 Å². The highest BCUT2D eigenvalue weighted by molar-refractivity contribution is 5.67.